The van der Waals surface area contributed by atoms with Gasteiger partial charge in [-0.25, -0.2) is 9.78 Å². The smallest absolute Gasteiger partial charge is 0.351 e. The number of rotatable bonds is 2. The van der Waals surface area contributed by atoms with E-state index in [4.69, 9.17) is 9.84 Å². The maximum atomic E-state index is 11.8. The molecule has 0 saturated carbocycles. The van der Waals surface area contributed by atoms with Crippen molar-refractivity contribution >= 4 is 11.2 Å². The Hall–Kier alpha value is -1.73. The van der Waals surface area contributed by atoms with E-state index in [0.717, 1.165) is 12.8 Å². The van der Waals surface area contributed by atoms with Crippen molar-refractivity contribution in [3.05, 3.63) is 22.5 Å². The molecule has 1 aliphatic rings. The maximum Gasteiger partial charge on any atom is 0.351 e. The number of aliphatic hydroxyl groups excluding tert-OH is 1. The number of imidazole rings is 1. The molecule has 3 heterocycles. The fourth-order valence-electron chi connectivity index (χ4n) is 2.01. The van der Waals surface area contributed by atoms with Gasteiger partial charge in [-0.15, -0.1) is 0 Å². The molecule has 1 saturated heterocycles. The van der Waals surface area contributed by atoms with Crippen LogP contribution in [0.2, 0.25) is 0 Å². The van der Waals surface area contributed by atoms with Crippen molar-refractivity contribution in [3.63, 3.8) is 0 Å². The second-order valence-corrected chi connectivity index (χ2v) is 3.98. The third kappa shape index (κ3) is 1.73. The number of ether oxygens (including phenoxy) is 1. The van der Waals surface area contributed by atoms with Crippen molar-refractivity contribution in [3.8, 4) is 0 Å². The van der Waals surface area contributed by atoms with E-state index in [9.17, 15) is 4.79 Å². The third-order valence-electron chi connectivity index (χ3n) is 2.82. The average molecular weight is 236 g/mol. The van der Waals surface area contributed by atoms with Crippen LogP contribution in [-0.4, -0.2) is 31.2 Å². The summed E-state index contributed by atoms with van der Waals surface area (Å²) in [5.41, 5.74) is 0.581. The highest BCUT2D eigenvalue weighted by atomic mass is 16.5. The summed E-state index contributed by atoms with van der Waals surface area (Å²) in [7, 11) is 0. The standard InChI is InChI=1S/C10H12N4O3/c15-5-7-11-6-4-14(8-2-1-3-17-8)10(16)13-9(6)12-7/h4,8,15H,1-3,5H2,(H,11,12,13,16). The molecule has 0 aliphatic carbocycles. The zero-order chi connectivity index (χ0) is 11.8. The minimum atomic E-state index is -0.375. The van der Waals surface area contributed by atoms with Crippen molar-refractivity contribution in [1.29, 1.82) is 0 Å². The highest BCUT2D eigenvalue weighted by Gasteiger charge is 2.19. The first-order valence-corrected chi connectivity index (χ1v) is 5.48. The lowest BCUT2D eigenvalue weighted by molar-refractivity contribution is 0.0531. The van der Waals surface area contributed by atoms with E-state index in [1.807, 2.05) is 0 Å². The predicted octanol–water partition coefficient (Wildman–Crippen LogP) is -0.0791. The highest BCUT2D eigenvalue weighted by Crippen LogP contribution is 2.21. The fraction of sp³-hybridized carbons (Fsp3) is 0.500. The lowest BCUT2D eigenvalue weighted by atomic mass is 10.3. The number of aliphatic hydroxyl groups is 1. The number of aromatic amines is 1. The molecule has 0 radical (unpaired) electrons. The van der Waals surface area contributed by atoms with E-state index in [-0.39, 0.29) is 18.5 Å². The van der Waals surface area contributed by atoms with Gasteiger partial charge >= 0.3 is 5.69 Å². The Labute approximate surface area is 96.1 Å². The molecule has 1 aliphatic heterocycles. The second-order valence-electron chi connectivity index (χ2n) is 3.98. The number of H-pyrrole nitrogens is 1. The van der Waals surface area contributed by atoms with Crippen LogP contribution in [0.3, 0.4) is 0 Å². The molecular weight excluding hydrogens is 224 g/mol. The van der Waals surface area contributed by atoms with Crippen molar-refractivity contribution < 1.29 is 9.84 Å². The van der Waals surface area contributed by atoms with Crippen molar-refractivity contribution in [2.75, 3.05) is 6.61 Å². The van der Waals surface area contributed by atoms with Crippen LogP contribution in [0.15, 0.2) is 11.0 Å². The molecule has 17 heavy (non-hydrogen) atoms. The molecule has 90 valence electrons. The largest absolute Gasteiger partial charge is 0.388 e. The van der Waals surface area contributed by atoms with Gasteiger partial charge in [-0.05, 0) is 12.8 Å². The molecule has 0 aromatic carbocycles. The Morgan fingerprint density at radius 1 is 1.59 bits per heavy atom. The van der Waals surface area contributed by atoms with Gasteiger partial charge in [0.05, 0.1) is 0 Å². The monoisotopic (exact) mass is 236 g/mol. The molecule has 0 bridgehead atoms. The molecule has 7 nitrogen and oxygen atoms in total. The number of hydrogen-bond donors (Lipinski definition) is 2. The summed E-state index contributed by atoms with van der Waals surface area (Å²) >= 11 is 0. The minimum absolute atomic E-state index is 0.204. The van der Waals surface area contributed by atoms with Gasteiger partial charge < -0.3 is 14.8 Å². The first-order chi connectivity index (χ1) is 8.28. The summed E-state index contributed by atoms with van der Waals surface area (Å²) in [4.78, 5) is 22.5. The Balaban J connectivity index is 2.12. The normalized spacial score (nSPS) is 20.2. The van der Waals surface area contributed by atoms with Gasteiger partial charge in [0.25, 0.3) is 0 Å². The van der Waals surface area contributed by atoms with E-state index in [0.29, 0.717) is 23.6 Å². The average Bonchev–Trinajstić information content (AvgIpc) is 2.95. The molecule has 1 unspecified atom stereocenters. The van der Waals surface area contributed by atoms with Gasteiger partial charge in [0, 0.05) is 12.8 Å². The number of nitrogens with zero attached hydrogens (tertiary/aromatic N) is 3. The Kier molecular flexibility index (Phi) is 2.41. The predicted molar refractivity (Wildman–Crippen MR) is 58.3 cm³/mol. The molecule has 3 rings (SSSR count). The third-order valence-corrected chi connectivity index (χ3v) is 2.82. The summed E-state index contributed by atoms with van der Waals surface area (Å²) in [6, 6.07) is 0. The van der Waals surface area contributed by atoms with Gasteiger partial charge in [0.15, 0.2) is 5.65 Å². The molecular formula is C10H12N4O3. The molecule has 2 aromatic rings. The van der Waals surface area contributed by atoms with Crippen molar-refractivity contribution in [1.82, 2.24) is 19.5 Å². The number of aromatic nitrogens is 4. The van der Waals surface area contributed by atoms with Crippen LogP contribution in [0.25, 0.3) is 11.2 Å². The molecule has 1 atom stereocenters. The van der Waals surface area contributed by atoms with Gasteiger partial charge in [-0.3, -0.25) is 4.57 Å². The fourth-order valence-corrected chi connectivity index (χ4v) is 2.01. The number of hydrogen-bond acceptors (Lipinski definition) is 5. The van der Waals surface area contributed by atoms with Crippen LogP contribution >= 0.6 is 0 Å². The quantitative estimate of drug-likeness (QED) is 0.760. The molecule has 0 spiro atoms. The summed E-state index contributed by atoms with van der Waals surface area (Å²) in [5.74, 6) is 0.400. The molecule has 0 amide bonds. The number of nitrogens with one attached hydrogen (secondary N) is 1. The first kappa shape index (κ1) is 10.4. The van der Waals surface area contributed by atoms with Crippen molar-refractivity contribution in [2.45, 2.75) is 25.7 Å². The Morgan fingerprint density at radius 2 is 2.47 bits per heavy atom. The number of fused-ring (bicyclic) bond motifs is 1. The lowest BCUT2D eigenvalue weighted by Crippen LogP contribution is -2.26. The van der Waals surface area contributed by atoms with E-state index in [1.165, 1.54) is 4.57 Å². The van der Waals surface area contributed by atoms with Gasteiger partial charge in [0.1, 0.15) is 24.2 Å². The molecule has 7 heteroatoms. The Morgan fingerprint density at radius 3 is 3.18 bits per heavy atom. The van der Waals surface area contributed by atoms with Crippen LogP contribution < -0.4 is 5.69 Å². The van der Waals surface area contributed by atoms with Crippen LogP contribution in [0.4, 0.5) is 0 Å². The summed E-state index contributed by atoms with van der Waals surface area (Å²) < 4.78 is 6.91. The van der Waals surface area contributed by atoms with E-state index >= 15 is 0 Å². The first-order valence-electron chi connectivity index (χ1n) is 5.48. The minimum Gasteiger partial charge on any atom is -0.388 e. The van der Waals surface area contributed by atoms with Gasteiger partial charge in [-0.1, -0.05) is 0 Å². The maximum absolute atomic E-state index is 11.8. The van der Waals surface area contributed by atoms with E-state index in [1.54, 1.807) is 6.20 Å². The van der Waals surface area contributed by atoms with Crippen LogP contribution in [0.5, 0.6) is 0 Å². The molecule has 2 N–H and O–H groups in total. The summed E-state index contributed by atoms with van der Waals surface area (Å²) in [5, 5.41) is 8.96. The molecule has 2 aromatic heterocycles. The topological polar surface area (TPSA) is 93.0 Å². The summed E-state index contributed by atoms with van der Waals surface area (Å²) in [6.07, 6.45) is 3.17. The summed E-state index contributed by atoms with van der Waals surface area (Å²) in [6.45, 7) is 0.463. The van der Waals surface area contributed by atoms with Crippen molar-refractivity contribution in [2.24, 2.45) is 0 Å². The lowest BCUT2D eigenvalue weighted by Gasteiger charge is -2.11. The van der Waals surface area contributed by atoms with Gasteiger partial charge in [0.2, 0.25) is 0 Å². The SMILES string of the molecule is O=c1nc2nc(CO)[nH]c2cn1C1CCCO1. The van der Waals surface area contributed by atoms with E-state index < -0.39 is 0 Å². The Bertz CT molecular complexity index is 597. The van der Waals surface area contributed by atoms with Crippen LogP contribution in [0.1, 0.15) is 24.9 Å². The highest BCUT2D eigenvalue weighted by molar-refractivity contribution is 5.68. The zero-order valence-electron chi connectivity index (χ0n) is 9.09. The second kappa shape index (κ2) is 3.94. The van der Waals surface area contributed by atoms with Crippen LogP contribution in [-0.2, 0) is 11.3 Å². The zero-order valence-corrected chi connectivity index (χ0v) is 9.09. The van der Waals surface area contributed by atoms with Gasteiger partial charge in [-0.2, -0.15) is 4.98 Å². The van der Waals surface area contributed by atoms with Crippen LogP contribution in [0, 0.1) is 0 Å². The van der Waals surface area contributed by atoms with E-state index in [2.05, 4.69) is 15.0 Å². The molecule has 1 fully saturated rings.